The summed E-state index contributed by atoms with van der Waals surface area (Å²) in [5, 5.41) is 7.34. The predicted octanol–water partition coefficient (Wildman–Crippen LogP) is 3.13. The van der Waals surface area contributed by atoms with Gasteiger partial charge in [-0.3, -0.25) is 0 Å². The molecule has 8 heteroatoms. The van der Waals surface area contributed by atoms with Crippen LogP contribution in [0.15, 0.2) is 18.2 Å². The molecule has 0 fully saturated rings. The summed E-state index contributed by atoms with van der Waals surface area (Å²) in [5.74, 6) is -0.630. The molecule has 22 heavy (non-hydrogen) atoms. The highest BCUT2D eigenvalue weighted by Gasteiger charge is 2.15. The molecule has 3 N–H and O–H groups in total. The van der Waals surface area contributed by atoms with Gasteiger partial charge in [0.15, 0.2) is 0 Å². The van der Waals surface area contributed by atoms with Crippen molar-refractivity contribution in [1.82, 2.24) is 10.6 Å². The van der Waals surface area contributed by atoms with Crippen LogP contribution in [0.5, 0.6) is 0 Å². The molecule has 0 saturated carbocycles. The van der Waals surface area contributed by atoms with Crippen LogP contribution < -0.4 is 16.0 Å². The molecule has 0 heterocycles. The van der Waals surface area contributed by atoms with Crippen molar-refractivity contribution in [3.63, 3.8) is 0 Å². The van der Waals surface area contributed by atoms with Gasteiger partial charge >= 0.3 is 12.1 Å². The van der Waals surface area contributed by atoms with E-state index >= 15 is 0 Å². The summed E-state index contributed by atoms with van der Waals surface area (Å²) in [7, 11) is 0. The minimum Gasteiger partial charge on any atom is -0.444 e. The number of carbonyl (C=O) groups excluding carboxylic acids is 2. The first-order valence-electron chi connectivity index (χ1n) is 6.65. The molecule has 0 atom stereocenters. The number of benzene rings is 1. The molecule has 0 radical (unpaired) electrons. The van der Waals surface area contributed by atoms with Crippen molar-refractivity contribution in [1.29, 1.82) is 0 Å². The van der Waals surface area contributed by atoms with Gasteiger partial charge in [-0.15, -0.1) is 0 Å². The first-order valence-corrected chi connectivity index (χ1v) is 7.02. The molecule has 3 amide bonds. The Bertz CT molecular complexity index is 526. The Morgan fingerprint density at radius 2 is 1.86 bits per heavy atom. The van der Waals surface area contributed by atoms with Crippen LogP contribution in [0.1, 0.15) is 20.8 Å². The molecule has 0 aliphatic rings. The third-order valence-corrected chi connectivity index (χ3v) is 2.60. The standard InChI is InChI=1S/C14H19ClFN3O3/c1-14(2,3)22-13(21)18-8-7-17-12(20)19-11-9(15)5-4-6-10(11)16/h4-6H,7-8H2,1-3H3,(H,18,21)(H2,17,19,20). The van der Waals surface area contributed by atoms with Gasteiger partial charge in [-0.05, 0) is 32.9 Å². The second-order valence-corrected chi connectivity index (χ2v) is 5.81. The van der Waals surface area contributed by atoms with E-state index in [2.05, 4.69) is 16.0 Å². The highest BCUT2D eigenvalue weighted by molar-refractivity contribution is 6.33. The Kier molecular flexibility index (Phi) is 6.42. The Balaban J connectivity index is 2.31. The van der Waals surface area contributed by atoms with Gasteiger partial charge < -0.3 is 20.7 Å². The van der Waals surface area contributed by atoms with Crippen molar-refractivity contribution in [2.24, 2.45) is 0 Å². The minimum atomic E-state index is -0.630. The molecule has 0 aliphatic carbocycles. The maximum absolute atomic E-state index is 13.5. The number of alkyl carbamates (subject to hydrolysis) is 1. The smallest absolute Gasteiger partial charge is 0.407 e. The largest absolute Gasteiger partial charge is 0.444 e. The SMILES string of the molecule is CC(C)(C)OC(=O)NCCNC(=O)Nc1c(F)cccc1Cl. The van der Waals surface area contributed by atoms with Crippen LogP contribution in [-0.4, -0.2) is 30.8 Å². The van der Waals surface area contributed by atoms with Crippen molar-refractivity contribution in [2.75, 3.05) is 18.4 Å². The van der Waals surface area contributed by atoms with Crippen LogP contribution in [0.3, 0.4) is 0 Å². The van der Waals surface area contributed by atoms with Gasteiger partial charge in [-0.25, -0.2) is 14.0 Å². The zero-order chi connectivity index (χ0) is 16.8. The fraction of sp³-hybridized carbons (Fsp3) is 0.429. The summed E-state index contributed by atoms with van der Waals surface area (Å²) >= 11 is 5.78. The van der Waals surface area contributed by atoms with Gasteiger partial charge in [0.05, 0.1) is 10.7 Å². The van der Waals surface area contributed by atoms with Crippen molar-refractivity contribution in [2.45, 2.75) is 26.4 Å². The van der Waals surface area contributed by atoms with E-state index in [4.69, 9.17) is 16.3 Å². The molecule has 1 rings (SSSR count). The molecule has 1 aromatic rings. The minimum absolute atomic E-state index is 0.0956. The second-order valence-electron chi connectivity index (χ2n) is 5.41. The first-order chi connectivity index (χ1) is 10.2. The third-order valence-electron chi connectivity index (χ3n) is 2.28. The highest BCUT2D eigenvalue weighted by atomic mass is 35.5. The number of para-hydroxylation sites is 1. The molecule has 122 valence electrons. The van der Waals surface area contributed by atoms with Crippen LogP contribution >= 0.6 is 11.6 Å². The van der Waals surface area contributed by atoms with E-state index in [-0.39, 0.29) is 23.8 Å². The van der Waals surface area contributed by atoms with Crippen molar-refractivity contribution < 1.29 is 18.7 Å². The van der Waals surface area contributed by atoms with Crippen LogP contribution in [0, 0.1) is 5.82 Å². The lowest BCUT2D eigenvalue weighted by molar-refractivity contribution is 0.0528. The number of halogens is 2. The molecular weight excluding hydrogens is 313 g/mol. The zero-order valence-corrected chi connectivity index (χ0v) is 13.4. The molecule has 0 bridgehead atoms. The van der Waals surface area contributed by atoms with E-state index in [1.807, 2.05) is 0 Å². The van der Waals surface area contributed by atoms with Crippen LogP contribution in [0.25, 0.3) is 0 Å². The summed E-state index contributed by atoms with van der Waals surface area (Å²) in [6.07, 6.45) is -0.577. The lowest BCUT2D eigenvalue weighted by Gasteiger charge is -2.19. The fourth-order valence-electron chi connectivity index (χ4n) is 1.43. The highest BCUT2D eigenvalue weighted by Crippen LogP contribution is 2.24. The molecule has 6 nitrogen and oxygen atoms in total. The maximum Gasteiger partial charge on any atom is 0.407 e. The van der Waals surface area contributed by atoms with Gasteiger partial charge in [-0.2, -0.15) is 0 Å². The van der Waals surface area contributed by atoms with Gasteiger partial charge in [0.2, 0.25) is 0 Å². The Morgan fingerprint density at radius 1 is 1.23 bits per heavy atom. The molecule has 0 aromatic heterocycles. The number of hydrogen-bond donors (Lipinski definition) is 3. The van der Waals surface area contributed by atoms with Gasteiger partial charge in [0.1, 0.15) is 11.4 Å². The average Bonchev–Trinajstić information content (AvgIpc) is 2.37. The number of ether oxygens (including phenoxy) is 1. The van der Waals surface area contributed by atoms with Gasteiger partial charge in [0.25, 0.3) is 0 Å². The van der Waals surface area contributed by atoms with Gasteiger partial charge in [0, 0.05) is 13.1 Å². The summed E-state index contributed by atoms with van der Waals surface area (Å²) in [6.45, 7) is 5.56. The third kappa shape index (κ3) is 6.62. The molecule has 0 spiro atoms. The quantitative estimate of drug-likeness (QED) is 0.742. The van der Waals surface area contributed by atoms with E-state index in [0.717, 1.165) is 0 Å². The molecule has 0 saturated heterocycles. The molecule has 0 unspecified atom stereocenters. The van der Waals surface area contributed by atoms with Crippen molar-refractivity contribution >= 4 is 29.4 Å². The summed E-state index contributed by atoms with van der Waals surface area (Å²) in [4.78, 5) is 23.0. The number of rotatable bonds is 4. The molecule has 1 aromatic carbocycles. The van der Waals surface area contributed by atoms with Crippen LogP contribution in [0.4, 0.5) is 19.7 Å². The summed E-state index contributed by atoms with van der Waals surface area (Å²) < 4.78 is 18.5. The van der Waals surface area contributed by atoms with Crippen LogP contribution in [-0.2, 0) is 4.74 Å². The number of urea groups is 1. The normalized spacial score (nSPS) is 10.8. The number of carbonyl (C=O) groups is 2. The zero-order valence-electron chi connectivity index (χ0n) is 12.6. The molecular formula is C14H19ClFN3O3. The Labute approximate surface area is 133 Å². The Hall–Kier alpha value is -2.02. The van der Waals surface area contributed by atoms with E-state index in [0.29, 0.717) is 0 Å². The van der Waals surface area contributed by atoms with E-state index in [9.17, 15) is 14.0 Å². The monoisotopic (exact) mass is 331 g/mol. The average molecular weight is 332 g/mol. The lowest BCUT2D eigenvalue weighted by Crippen LogP contribution is -2.39. The predicted molar refractivity (Wildman–Crippen MR) is 82.7 cm³/mol. The maximum atomic E-state index is 13.5. The number of amides is 3. The van der Waals surface area contributed by atoms with E-state index < -0.39 is 23.5 Å². The molecule has 0 aliphatic heterocycles. The van der Waals surface area contributed by atoms with Crippen molar-refractivity contribution in [3.05, 3.63) is 29.0 Å². The summed E-state index contributed by atoms with van der Waals surface area (Å²) in [5.41, 5.74) is -0.682. The number of nitrogens with one attached hydrogen (secondary N) is 3. The topological polar surface area (TPSA) is 79.5 Å². The van der Waals surface area contributed by atoms with Crippen molar-refractivity contribution in [3.8, 4) is 0 Å². The van der Waals surface area contributed by atoms with Crippen LogP contribution in [0.2, 0.25) is 5.02 Å². The Morgan fingerprint density at radius 3 is 2.45 bits per heavy atom. The second kappa shape index (κ2) is 7.84. The first kappa shape index (κ1) is 18.0. The number of anilines is 1. The lowest BCUT2D eigenvalue weighted by atomic mass is 10.2. The summed E-state index contributed by atoms with van der Waals surface area (Å²) in [6, 6.07) is 3.46. The van der Waals surface area contributed by atoms with Gasteiger partial charge in [-0.1, -0.05) is 17.7 Å². The van der Waals surface area contributed by atoms with E-state index in [1.165, 1.54) is 18.2 Å². The van der Waals surface area contributed by atoms with E-state index in [1.54, 1.807) is 20.8 Å². The fourth-order valence-corrected chi connectivity index (χ4v) is 1.64. The number of hydrogen-bond acceptors (Lipinski definition) is 3.